The van der Waals surface area contributed by atoms with Gasteiger partial charge in [-0.15, -0.1) is 0 Å². The Morgan fingerprint density at radius 3 is 1.78 bits per heavy atom. The number of hydrogen-bond acceptors (Lipinski definition) is 0. The predicted octanol–water partition coefficient (Wildman–Crippen LogP) is 3.08. The molecule has 0 rings (SSSR count). The summed E-state index contributed by atoms with van der Waals surface area (Å²) in [5, 5.41) is 0. The predicted molar refractivity (Wildman–Crippen MR) is 49.1 cm³/mol. The molecule has 56 valence electrons. The van der Waals surface area contributed by atoms with E-state index in [1.165, 1.54) is 12.6 Å². The van der Waals surface area contributed by atoms with Crippen molar-refractivity contribution in [3.63, 3.8) is 0 Å². The van der Waals surface area contributed by atoms with Crippen LogP contribution >= 0.6 is 7.26 Å². The third-order valence-corrected chi connectivity index (χ3v) is 6.98. The average molecular weight is 147 g/mol. The molecule has 0 amide bonds. The maximum absolute atomic E-state index is 2.46. The van der Waals surface area contributed by atoms with Gasteiger partial charge >= 0.3 is 0 Å². The topological polar surface area (TPSA) is 0 Å². The first-order valence-corrected chi connectivity index (χ1v) is 6.81. The van der Waals surface area contributed by atoms with Gasteiger partial charge in [0, 0.05) is 20.6 Å². The second kappa shape index (κ2) is 3.56. The molecule has 0 saturated heterocycles. The van der Waals surface area contributed by atoms with Crippen LogP contribution in [0.15, 0.2) is 0 Å². The highest BCUT2D eigenvalue weighted by molar-refractivity contribution is 7.75. The van der Waals surface area contributed by atoms with Gasteiger partial charge in [-0.1, -0.05) is 6.92 Å². The van der Waals surface area contributed by atoms with Gasteiger partial charge in [-0.3, -0.25) is 0 Å². The highest BCUT2D eigenvalue weighted by Gasteiger charge is 2.28. The first kappa shape index (κ1) is 9.43. The summed E-state index contributed by atoms with van der Waals surface area (Å²) < 4.78 is 0. The second-order valence-corrected chi connectivity index (χ2v) is 8.42. The largest absolute Gasteiger partial charge is 0.0661 e. The van der Waals surface area contributed by atoms with Gasteiger partial charge in [0.1, 0.15) is 0 Å². The fourth-order valence-electron chi connectivity index (χ4n) is 0.806. The molecule has 0 nitrogen and oxygen atoms in total. The normalized spacial score (nSPS) is 15.7. The van der Waals surface area contributed by atoms with Crippen LogP contribution in [0.25, 0.3) is 0 Å². The summed E-state index contributed by atoms with van der Waals surface area (Å²) in [6.07, 6.45) is 2.76. The molecule has 0 saturated carbocycles. The summed E-state index contributed by atoms with van der Waals surface area (Å²) in [6, 6.07) is 0. The van der Waals surface area contributed by atoms with Crippen molar-refractivity contribution in [2.75, 3.05) is 19.5 Å². The fourth-order valence-corrected chi connectivity index (χ4v) is 2.42. The Hall–Kier alpha value is 0.430. The van der Waals surface area contributed by atoms with E-state index >= 15 is 0 Å². The molecule has 0 aliphatic rings. The molecule has 0 heterocycles. The molecule has 0 N–H and O–H groups in total. The van der Waals surface area contributed by atoms with Gasteiger partial charge in [0.2, 0.25) is 0 Å². The van der Waals surface area contributed by atoms with E-state index in [2.05, 4.69) is 34.1 Å². The monoisotopic (exact) mass is 147 g/mol. The van der Waals surface area contributed by atoms with E-state index < -0.39 is 7.26 Å². The van der Waals surface area contributed by atoms with Crippen LogP contribution in [-0.4, -0.2) is 25.2 Å². The highest BCUT2D eigenvalue weighted by atomic mass is 31.2. The van der Waals surface area contributed by atoms with E-state index in [9.17, 15) is 0 Å². The quantitative estimate of drug-likeness (QED) is 0.538. The van der Waals surface area contributed by atoms with Gasteiger partial charge in [0.05, 0.1) is 11.8 Å². The van der Waals surface area contributed by atoms with Crippen molar-refractivity contribution in [3.8, 4) is 0 Å². The summed E-state index contributed by atoms with van der Waals surface area (Å²) in [6.45, 7) is 11.9. The summed E-state index contributed by atoms with van der Waals surface area (Å²) in [5.74, 6) is 0. The Morgan fingerprint density at radius 2 is 1.67 bits per heavy atom. The minimum absolute atomic E-state index is 0.514. The van der Waals surface area contributed by atoms with Gasteiger partial charge in [-0.2, -0.15) is 0 Å². The van der Waals surface area contributed by atoms with E-state index in [-0.39, 0.29) is 0 Å². The van der Waals surface area contributed by atoms with Crippen LogP contribution in [0.5, 0.6) is 0 Å². The maximum Gasteiger partial charge on any atom is 0.0661 e. The Bertz CT molecular complexity index is 76.6. The van der Waals surface area contributed by atoms with Crippen LogP contribution in [0, 0.1) is 0 Å². The molecule has 0 spiro atoms. The smallest absolute Gasteiger partial charge is 0.0617 e. The van der Waals surface area contributed by atoms with Crippen LogP contribution in [0.4, 0.5) is 0 Å². The lowest BCUT2D eigenvalue weighted by Crippen LogP contribution is -2.08. The first-order chi connectivity index (χ1) is 4.04. The molecule has 1 heteroatoms. The third kappa shape index (κ3) is 2.67. The van der Waals surface area contributed by atoms with Crippen molar-refractivity contribution < 1.29 is 0 Å². The molecular formula is C8H20P+. The lowest BCUT2D eigenvalue weighted by molar-refractivity contribution is 0.882. The Morgan fingerprint density at radius 1 is 1.22 bits per heavy atom. The van der Waals surface area contributed by atoms with E-state index in [4.69, 9.17) is 0 Å². The number of rotatable bonds is 3. The Balaban J connectivity index is 3.80. The molecule has 9 heavy (non-hydrogen) atoms. The lowest BCUT2D eigenvalue weighted by atomic mass is 10.4. The van der Waals surface area contributed by atoms with Crippen LogP contribution in [-0.2, 0) is 0 Å². The molecule has 0 bridgehead atoms. The Labute approximate surface area is 60.4 Å². The minimum Gasteiger partial charge on any atom is -0.0617 e. The van der Waals surface area contributed by atoms with Gasteiger partial charge in [0.15, 0.2) is 0 Å². The molecule has 0 aromatic rings. The van der Waals surface area contributed by atoms with Crippen LogP contribution in [0.2, 0.25) is 0 Å². The van der Waals surface area contributed by atoms with Gasteiger partial charge < -0.3 is 0 Å². The van der Waals surface area contributed by atoms with E-state index in [1.54, 1.807) is 0 Å². The van der Waals surface area contributed by atoms with Crippen LogP contribution in [0.1, 0.15) is 27.2 Å². The summed E-state index contributed by atoms with van der Waals surface area (Å²) in [5.41, 5.74) is 0.975. The molecule has 0 aromatic carbocycles. The molecule has 0 aliphatic heterocycles. The standard InChI is InChI=1S/C8H20P/c1-6-8(3)9(4,5)7-2/h8H,6-7H2,1-5H3/q+1. The van der Waals surface area contributed by atoms with Gasteiger partial charge in [-0.25, -0.2) is 0 Å². The van der Waals surface area contributed by atoms with Crippen molar-refractivity contribution >= 4 is 7.26 Å². The van der Waals surface area contributed by atoms with E-state index in [0.29, 0.717) is 0 Å². The molecule has 1 unspecified atom stereocenters. The van der Waals surface area contributed by atoms with Gasteiger partial charge in [0.25, 0.3) is 0 Å². The van der Waals surface area contributed by atoms with Crippen LogP contribution in [0.3, 0.4) is 0 Å². The third-order valence-electron chi connectivity index (χ3n) is 2.60. The van der Waals surface area contributed by atoms with Gasteiger partial charge in [-0.05, 0) is 20.3 Å². The Kier molecular flexibility index (Phi) is 3.73. The maximum atomic E-state index is 2.46. The first-order valence-electron chi connectivity index (χ1n) is 3.87. The zero-order chi connectivity index (χ0) is 7.49. The summed E-state index contributed by atoms with van der Waals surface area (Å²) >= 11 is 0. The van der Waals surface area contributed by atoms with Crippen molar-refractivity contribution in [2.24, 2.45) is 0 Å². The second-order valence-electron chi connectivity index (χ2n) is 3.35. The summed E-state index contributed by atoms with van der Waals surface area (Å²) in [4.78, 5) is 0. The average Bonchev–Trinajstić information content (AvgIpc) is 1.86. The zero-order valence-electron chi connectivity index (χ0n) is 7.44. The van der Waals surface area contributed by atoms with E-state index in [1.807, 2.05) is 0 Å². The minimum atomic E-state index is -0.514. The molecule has 0 fully saturated rings. The van der Waals surface area contributed by atoms with Crippen molar-refractivity contribution in [1.82, 2.24) is 0 Å². The molecule has 0 radical (unpaired) electrons. The SMILES string of the molecule is CCC(C)[P+](C)(C)CC. The van der Waals surface area contributed by atoms with E-state index in [0.717, 1.165) is 5.66 Å². The number of hydrogen-bond donors (Lipinski definition) is 0. The molecule has 1 atom stereocenters. The van der Waals surface area contributed by atoms with Crippen LogP contribution < -0.4 is 0 Å². The molecule has 0 aromatic heterocycles. The van der Waals surface area contributed by atoms with Crippen molar-refractivity contribution in [3.05, 3.63) is 0 Å². The highest BCUT2D eigenvalue weighted by Crippen LogP contribution is 2.56. The van der Waals surface area contributed by atoms with Crippen molar-refractivity contribution in [2.45, 2.75) is 32.9 Å². The summed E-state index contributed by atoms with van der Waals surface area (Å²) in [7, 11) is -0.514. The lowest BCUT2D eigenvalue weighted by Gasteiger charge is -2.22. The molecular weight excluding hydrogens is 127 g/mol. The fraction of sp³-hybridized carbons (Fsp3) is 1.00. The molecule has 0 aliphatic carbocycles. The zero-order valence-corrected chi connectivity index (χ0v) is 8.33. The van der Waals surface area contributed by atoms with Crippen molar-refractivity contribution in [1.29, 1.82) is 0 Å².